The van der Waals surface area contributed by atoms with Gasteiger partial charge in [0.05, 0.1) is 27.8 Å². The van der Waals surface area contributed by atoms with E-state index in [0.717, 1.165) is 0 Å². The highest BCUT2D eigenvalue weighted by Gasteiger charge is 2.33. The molecule has 1 N–H and O–H groups in total. The van der Waals surface area contributed by atoms with Crippen LogP contribution in [-0.4, -0.2) is 49.9 Å². The molecule has 33 heavy (non-hydrogen) atoms. The van der Waals surface area contributed by atoms with E-state index < -0.39 is 25.8 Å². The van der Waals surface area contributed by atoms with E-state index in [2.05, 4.69) is 10.4 Å². The van der Waals surface area contributed by atoms with Gasteiger partial charge in [-0.25, -0.2) is 21.5 Å². The zero-order valence-electron chi connectivity index (χ0n) is 18.2. The molecule has 1 amide bonds. The lowest BCUT2D eigenvalue weighted by Gasteiger charge is -2.18. The van der Waals surface area contributed by atoms with Crippen LogP contribution < -0.4 is 5.32 Å². The minimum atomic E-state index is -3.64. The smallest absolute Gasteiger partial charge is 0.256 e. The Balaban J connectivity index is 1.66. The summed E-state index contributed by atoms with van der Waals surface area (Å²) in [6.07, 6.45) is 0. The molecule has 2 aromatic carbocycles. The van der Waals surface area contributed by atoms with E-state index in [4.69, 9.17) is 0 Å². The van der Waals surface area contributed by atoms with E-state index in [1.807, 2.05) is 18.2 Å². The van der Waals surface area contributed by atoms with Crippen LogP contribution in [0.25, 0.3) is 5.69 Å². The van der Waals surface area contributed by atoms with Gasteiger partial charge in [-0.2, -0.15) is 9.40 Å². The molecule has 0 bridgehead atoms. The highest BCUT2D eigenvalue weighted by Crippen LogP contribution is 2.33. The number of rotatable bonds is 7. The van der Waals surface area contributed by atoms with Gasteiger partial charge >= 0.3 is 0 Å². The standard InChI is InChI=1S/C22H24N4O5S2/c1-3-25(4-2)33(30,31)18-12-10-16(11-13-18)22(27)23-21-19-14-32(28,29)15-20(19)24-26(21)17-8-6-5-7-9-17/h5-13H,3-4,14-15H2,1-2H3,(H,23,27). The average molecular weight is 489 g/mol. The predicted octanol–water partition coefficient (Wildman–Crippen LogP) is 2.58. The normalized spacial score (nSPS) is 14.9. The summed E-state index contributed by atoms with van der Waals surface area (Å²) in [5.74, 6) is -0.581. The molecule has 11 heteroatoms. The van der Waals surface area contributed by atoms with Crippen molar-refractivity contribution < 1.29 is 21.6 Å². The molecule has 1 aromatic heterocycles. The first kappa shape index (κ1) is 23.1. The number of carbonyl (C=O) groups excluding carboxylic acids is 1. The number of amides is 1. The quantitative estimate of drug-likeness (QED) is 0.546. The number of nitrogens with zero attached hydrogens (tertiary/aromatic N) is 3. The zero-order chi connectivity index (χ0) is 23.8. The summed E-state index contributed by atoms with van der Waals surface area (Å²) in [6, 6.07) is 14.8. The molecule has 2 heterocycles. The van der Waals surface area contributed by atoms with Gasteiger partial charge in [-0.15, -0.1) is 0 Å². The number of fused-ring (bicyclic) bond motifs is 1. The van der Waals surface area contributed by atoms with Crippen LogP contribution in [0, 0.1) is 0 Å². The summed E-state index contributed by atoms with van der Waals surface area (Å²) >= 11 is 0. The van der Waals surface area contributed by atoms with Crippen LogP contribution in [0.4, 0.5) is 5.82 Å². The Kier molecular flexibility index (Phi) is 6.12. The summed E-state index contributed by atoms with van der Waals surface area (Å²) in [5, 5.41) is 7.21. The Morgan fingerprint density at radius 3 is 2.27 bits per heavy atom. The number of nitrogens with one attached hydrogen (secondary N) is 1. The van der Waals surface area contributed by atoms with Crippen molar-refractivity contribution in [3.8, 4) is 5.69 Å². The van der Waals surface area contributed by atoms with Crippen LogP contribution in [0.5, 0.6) is 0 Å². The maximum atomic E-state index is 13.0. The van der Waals surface area contributed by atoms with Crippen molar-refractivity contribution in [1.82, 2.24) is 14.1 Å². The monoisotopic (exact) mass is 488 g/mol. The molecule has 9 nitrogen and oxygen atoms in total. The fourth-order valence-corrected chi connectivity index (χ4v) is 6.75. The lowest BCUT2D eigenvalue weighted by Crippen LogP contribution is -2.30. The van der Waals surface area contributed by atoms with Crippen LogP contribution in [0.15, 0.2) is 59.5 Å². The van der Waals surface area contributed by atoms with Crippen molar-refractivity contribution in [1.29, 1.82) is 0 Å². The molecule has 4 rings (SSSR count). The van der Waals surface area contributed by atoms with Crippen molar-refractivity contribution in [2.45, 2.75) is 30.2 Å². The first-order valence-corrected chi connectivity index (χ1v) is 13.7. The minimum absolute atomic E-state index is 0.101. The van der Waals surface area contributed by atoms with Gasteiger partial charge < -0.3 is 5.32 Å². The third-order valence-electron chi connectivity index (χ3n) is 5.48. The predicted molar refractivity (Wildman–Crippen MR) is 124 cm³/mol. The number of para-hydroxylation sites is 1. The molecule has 0 aliphatic carbocycles. The zero-order valence-corrected chi connectivity index (χ0v) is 19.9. The summed E-state index contributed by atoms with van der Waals surface area (Å²) in [4.78, 5) is 13.1. The van der Waals surface area contributed by atoms with E-state index >= 15 is 0 Å². The van der Waals surface area contributed by atoms with Crippen molar-refractivity contribution in [2.24, 2.45) is 0 Å². The second-order valence-corrected chi connectivity index (χ2v) is 11.6. The maximum Gasteiger partial charge on any atom is 0.256 e. The second-order valence-electron chi connectivity index (χ2n) is 7.62. The molecule has 0 saturated carbocycles. The molecule has 0 radical (unpaired) electrons. The van der Waals surface area contributed by atoms with Crippen LogP contribution in [0.3, 0.4) is 0 Å². The molecular formula is C22H24N4O5S2. The number of aromatic nitrogens is 2. The van der Waals surface area contributed by atoms with Crippen molar-refractivity contribution in [2.75, 3.05) is 18.4 Å². The molecule has 1 aliphatic heterocycles. The molecule has 0 unspecified atom stereocenters. The minimum Gasteiger partial charge on any atom is -0.306 e. The Morgan fingerprint density at radius 1 is 1.03 bits per heavy atom. The molecule has 0 fully saturated rings. The SMILES string of the molecule is CCN(CC)S(=O)(=O)c1ccc(C(=O)Nc2c3c(nn2-c2ccccc2)CS(=O)(=O)C3)cc1. The number of carbonyl (C=O) groups is 1. The van der Waals surface area contributed by atoms with Gasteiger partial charge in [-0.05, 0) is 36.4 Å². The van der Waals surface area contributed by atoms with Gasteiger partial charge in [0.1, 0.15) is 5.82 Å². The number of sulfonamides is 1. The van der Waals surface area contributed by atoms with Crippen molar-refractivity contribution in [3.05, 3.63) is 71.4 Å². The van der Waals surface area contributed by atoms with Gasteiger partial charge in [0.15, 0.2) is 9.84 Å². The lowest BCUT2D eigenvalue weighted by molar-refractivity contribution is 0.102. The fourth-order valence-electron chi connectivity index (χ4n) is 3.80. The van der Waals surface area contributed by atoms with Gasteiger partial charge in [-0.3, -0.25) is 4.79 Å². The number of anilines is 1. The Labute approximate surface area is 193 Å². The van der Waals surface area contributed by atoms with Gasteiger partial charge in [-0.1, -0.05) is 32.0 Å². The first-order chi connectivity index (χ1) is 15.7. The van der Waals surface area contributed by atoms with Crippen LogP contribution in [0.2, 0.25) is 0 Å². The largest absolute Gasteiger partial charge is 0.306 e. The molecule has 1 aliphatic rings. The summed E-state index contributed by atoms with van der Waals surface area (Å²) in [5.41, 5.74) is 1.80. The van der Waals surface area contributed by atoms with E-state index in [1.54, 1.807) is 26.0 Å². The van der Waals surface area contributed by atoms with Crippen molar-refractivity contribution >= 4 is 31.6 Å². The van der Waals surface area contributed by atoms with E-state index in [1.165, 1.54) is 33.3 Å². The molecule has 0 spiro atoms. The molecule has 0 atom stereocenters. The molecule has 174 valence electrons. The Hall–Kier alpha value is -3.02. The fraction of sp³-hybridized carbons (Fsp3) is 0.273. The van der Waals surface area contributed by atoms with Crippen LogP contribution >= 0.6 is 0 Å². The first-order valence-electron chi connectivity index (χ1n) is 10.4. The van der Waals surface area contributed by atoms with Gasteiger partial charge in [0.2, 0.25) is 10.0 Å². The second kappa shape index (κ2) is 8.73. The third kappa shape index (κ3) is 4.43. The number of hydrogen-bond acceptors (Lipinski definition) is 6. The number of benzene rings is 2. The maximum absolute atomic E-state index is 13.0. The lowest BCUT2D eigenvalue weighted by atomic mass is 10.2. The van der Waals surface area contributed by atoms with E-state index in [9.17, 15) is 21.6 Å². The molecule has 3 aromatic rings. The van der Waals surface area contributed by atoms with E-state index in [0.29, 0.717) is 35.9 Å². The molecule has 0 saturated heterocycles. The Bertz CT molecular complexity index is 1390. The Morgan fingerprint density at radius 2 is 1.67 bits per heavy atom. The van der Waals surface area contributed by atoms with Crippen LogP contribution in [-0.2, 0) is 31.4 Å². The summed E-state index contributed by atoms with van der Waals surface area (Å²) < 4.78 is 52.5. The molecular weight excluding hydrogens is 464 g/mol. The number of sulfone groups is 1. The highest BCUT2D eigenvalue weighted by molar-refractivity contribution is 7.90. The summed E-state index contributed by atoms with van der Waals surface area (Å²) in [6.45, 7) is 4.21. The van der Waals surface area contributed by atoms with E-state index in [-0.39, 0.29) is 22.0 Å². The van der Waals surface area contributed by atoms with Gasteiger partial charge in [0.25, 0.3) is 5.91 Å². The number of hydrogen-bond donors (Lipinski definition) is 1. The van der Waals surface area contributed by atoms with Crippen LogP contribution in [0.1, 0.15) is 35.5 Å². The topological polar surface area (TPSA) is 118 Å². The average Bonchev–Trinajstić information content (AvgIpc) is 3.27. The summed E-state index contributed by atoms with van der Waals surface area (Å²) in [7, 11) is -6.95. The van der Waals surface area contributed by atoms with Crippen molar-refractivity contribution in [3.63, 3.8) is 0 Å². The highest BCUT2D eigenvalue weighted by atomic mass is 32.2. The van der Waals surface area contributed by atoms with Gasteiger partial charge in [0, 0.05) is 24.2 Å². The third-order valence-corrected chi connectivity index (χ3v) is 8.99.